The third-order valence-corrected chi connectivity index (χ3v) is 4.65. The van der Waals surface area contributed by atoms with Crippen molar-refractivity contribution in [1.29, 1.82) is 0 Å². The van der Waals surface area contributed by atoms with Gasteiger partial charge in [-0.15, -0.1) is 0 Å². The normalized spacial score (nSPS) is 14.5. The number of nitrogens with zero attached hydrogens (tertiary/aromatic N) is 2. The highest BCUT2D eigenvalue weighted by molar-refractivity contribution is 9.10. The van der Waals surface area contributed by atoms with Crippen molar-refractivity contribution < 1.29 is 14.0 Å². The van der Waals surface area contributed by atoms with E-state index in [-0.39, 0.29) is 18.4 Å². The van der Waals surface area contributed by atoms with Crippen LogP contribution in [0.2, 0.25) is 0 Å². The first kappa shape index (κ1) is 16.6. The molecule has 1 aliphatic heterocycles. The van der Waals surface area contributed by atoms with E-state index in [1.165, 1.54) is 6.26 Å². The molecule has 0 atom stereocenters. The summed E-state index contributed by atoms with van der Waals surface area (Å²) in [6.45, 7) is 2.32. The van der Waals surface area contributed by atoms with Crippen LogP contribution in [0.25, 0.3) is 0 Å². The number of carbonyl (C=O) groups is 2. The molecule has 1 N–H and O–H groups in total. The van der Waals surface area contributed by atoms with Gasteiger partial charge in [-0.2, -0.15) is 0 Å². The molecule has 0 bridgehead atoms. The Labute approximate surface area is 148 Å². The molecule has 1 saturated heterocycles. The smallest absolute Gasteiger partial charge is 0.289 e. The zero-order chi connectivity index (χ0) is 16.9. The number of benzene rings is 1. The number of rotatable bonds is 4. The second-order valence-electron chi connectivity index (χ2n) is 5.48. The van der Waals surface area contributed by atoms with Crippen LogP contribution >= 0.6 is 15.9 Å². The van der Waals surface area contributed by atoms with Gasteiger partial charge >= 0.3 is 0 Å². The van der Waals surface area contributed by atoms with E-state index in [0.717, 1.165) is 10.2 Å². The van der Waals surface area contributed by atoms with Crippen LogP contribution < -0.4 is 5.32 Å². The SMILES string of the molecule is O=C(CNc1ccccc1Br)N1CCN(C(=O)c2ccco2)CC1. The first-order valence-corrected chi connectivity index (χ1v) is 8.53. The van der Waals surface area contributed by atoms with Gasteiger partial charge in [0, 0.05) is 36.3 Å². The number of piperazine rings is 1. The summed E-state index contributed by atoms with van der Waals surface area (Å²) in [6.07, 6.45) is 1.49. The van der Waals surface area contributed by atoms with Gasteiger partial charge in [-0.25, -0.2) is 0 Å². The molecule has 6 nitrogen and oxygen atoms in total. The average molecular weight is 392 g/mol. The van der Waals surface area contributed by atoms with E-state index >= 15 is 0 Å². The number of amides is 2. The van der Waals surface area contributed by atoms with Crippen molar-refractivity contribution in [1.82, 2.24) is 9.80 Å². The fraction of sp³-hybridized carbons (Fsp3) is 0.294. The van der Waals surface area contributed by atoms with Crippen molar-refractivity contribution in [2.75, 3.05) is 38.0 Å². The van der Waals surface area contributed by atoms with Crippen molar-refractivity contribution in [3.05, 3.63) is 52.9 Å². The Bertz CT molecular complexity index is 710. The molecule has 0 radical (unpaired) electrons. The number of anilines is 1. The second-order valence-corrected chi connectivity index (χ2v) is 6.34. The van der Waals surface area contributed by atoms with E-state index in [9.17, 15) is 9.59 Å². The predicted molar refractivity (Wildman–Crippen MR) is 93.8 cm³/mol. The van der Waals surface area contributed by atoms with E-state index in [0.29, 0.717) is 31.9 Å². The van der Waals surface area contributed by atoms with E-state index in [1.807, 2.05) is 24.3 Å². The minimum atomic E-state index is -0.126. The van der Waals surface area contributed by atoms with Gasteiger partial charge in [0.25, 0.3) is 5.91 Å². The van der Waals surface area contributed by atoms with Crippen molar-refractivity contribution in [3.63, 3.8) is 0 Å². The molecule has 2 aromatic rings. The standard InChI is InChI=1S/C17H18BrN3O3/c18-13-4-1-2-5-14(13)19-12-16(22)20-7-9-21(10-8-20)17(23)15-6-3-11-24-15/h1-6,11,19H,7-10,12H2. The molecule has 0 saturated carbocycles. The van der Waals surface area contributed by atoms with Crippen LogP contribution in [-0.4, -0.2) is 54.3 Å². The molecule has 24 heavy (non-hydrogen) atoms. The largest absolute Gasteiger partial charge is 0.459 e. The van der Waals surface area contributed by atoms with Crippen LogP contribution in [0.15, 0.2) is 51.6 Å². The summed E-state index contributed by atoms with van der Waals surface area (Å²) in [5, 5.41) is 3.13. The number of nitrogens with one attached hydrogen (secondary N) is 1. The number of hydrogen-bond donors (Lipinski definition) is 1. The van der Waals surface area contributed by atoms with E-state index in [1.54, 1.807) is 21.9 Å². The first-order valence-electron chi connectivity index (χ1n) is 7.74. The van der Waals surface area contributed by atoms with Gasteiger partial charge < -0.3 is 19.5 Å². The Morgan fingerprint density at radius 2 is 1.75 bits per heavy atom. The molecule has 3 rings (SSSR count). The lowest BCUT2D eigenvalue weighted by molar-refractivity contribution is -0.130. The van der Waals surface area contributed by atoms with Crippen LogP contribution in [0.5, 0.6) is 0 Å². The predicted octanol–water partition coefficient (Wildman–Crippen LogP) is 2.44. The monoisotopic (exact) mass is 391 g/mol. The topological polar surface area (TPSA) is 65.8 Å². The summed E-state index contributed by atoms with van der Waals surface area (Å²) in [6, 6.07) is 11.0. The Balaban J connectivity index is 1.48. The van der Waals surface area contributed by atoms with Crippen molar-refractivity contribution in [2.24, 2.45) is 0 Å². The molecular weight excluding hydrogens is 374 g/mol. The maximum Gasteiger partial charge on any atom is 0.289 e. The number of para-hydroxylation sites is 1. The summed E-state index contributed by atoms with van der Waals surface area (Å²) in [5.74, 6) is 0.236. The lowest BCUT2D eigenvalue weighted by Gasteiger charge is -2.34. The number of carbonyl (C=O) groups excluding carboxylic acids is 2. The molecule has 0 unspecified atom stereocenters. The van der Waals surface area contributed by atoms with Gasteiger partial charge in [0.05, 0.1) is 12.8 Å². The molecule has 2 heterocycles. The molecule has 0 spiro atoms. The highest BCUT2D eigenvalue weighted by atomic mass is 79.9. The Kier molecular flexibility index (Phi) is 5.20. The number of halogens is 1. The lowest BCUT2D eigenvalue weighted by Crippen LogP contribution is -2.51. The second kappa shape index (κ2) is 7.53. The van der Waals surface area contributed by atoms with Gasteiger partial charge in [-0.3, -0.25) is 9.59 Å². The summed E-state index contributed by atoms with van der Waals surface area (Å²) < 4.78 is 6.06. The summed E-state index contributed by atoms with van der Waals surface area (Å²) >= 11 is 3.44. The molecule has 2 amide bonds. The van der Waals surface area contributed by atoms with Gasteiger partial charge in [0.1, 0.15) is 0 Å². The quantitative estimate of drug-likeness (QED) is 0.868. The van der Waals surface area contributed by atoms with Gasteiger partial charge in [-0.05, 0) is 40.2 Å². The van der Waals surface area contributed by atoms with Crippen molar-refractivity contribution >= 4 is 33.4 Å². The lowest BCUT2D eigenvalue weighted by atomic mass is 10.2. The van der Waals surface area contributed by atoms with E-state index in [2.05, 4.69) is 21.2 Å². The zero-order valence-electron chi connectivity index (χ0n) is 13.1. The number of hydrogen-bond acceptors (Lipinski definition) is 4. The maximum absolute atomic E-state index is 12.3. The van der Waals surface area contributed by atoms with Crippen LogP contribution in [0.3, 0.4) is 0 Å². The Morgan fingerprint density at radius 1 is 1.04 bits per heavy atom. The van der Waals surface area contributed by atoms with Gasteiger partial charge in [0.15, 0.2) is 5.76 Å². The third-order valence-electron chi connectivity index (χ3n) is 3.96. The average Bonchev–Trinajstić information content (AvgIpc) is 3.15. The third kappa shape index (κ3) is 3.79. The van der Waals surface area contributed by atoms with Crippen molar-refractivity contribution in [2.45, 2.75) is 0 Å². The fourth-order valence-electron chi connectivity index (χ4n) is 2.60. The summed E-state index contributed by atoms with van der Waals surface area (Å²) in [5.41, 5.74) is 0.887. The maximum atomic E-state index is 12.3. The first-order chi connectivity index (χ1) is 11.6. The minimum absolute atomic E-state index is 0.0239. The highest BCUT2D eigenvalue weighted by Gasteiger charge is 2.25. The number of furan rings is 1. The molecule has 0 aliphatic carbocycles. The van der Waals surface area contributed by atoms with Crippen LogP contribution in [0, 0.1) is 0 Å². The van der Waals surface area contributed by atoms with Crippen LogP contribution in [0.4, 0.5) is 5.69 Å². The highest BCUT2D eigenvalue weighted by Crippen LogP contribution is 2.21. The summed E-state index contributed by atoms with van der Waals surface area (Å²) in [7, 11) is 0. The van der Waals surface area contributed by atoms with Gasteiger partial charge in [0.2, 0.25) is 5.91 Å². The van der Waals surface area contributed by atoms with Crippen LogP contribution in [-0.2, 0) is 4.79 Å². The molecule has 1 aromatic heterocycles. The van der Waals surface area contributed by atoms with Crippen LogP contribution in [0.1, 0.15) is 10.6 Å². The molecule has 1 fully saturated rings. The molecule has 1 aliphatic rings. The molecule has 1 aromatic carbocycles. The molecule has 126 valence electrons. The Morgan fingerprint density at radius 3 is 2.42 bits per heavy atom. The molecule has 7 heteroatoms. The van der Waals surface area contributed by atoms with Gasteiger partial charge in [-0.1, -0.05) is 12.1 Å². The molecular formula is C17H18BrN3O3. The van der Waals surface area contributed by atoms with E-state index < -0.39 is 0 Å². The summed E-state index contributed by atoms with van der Waals surface area (Å²) in [4.78, 5) is 28.0. The Hall–Kier alpha value is -2.28. The van der Waals surface area contributed by atoms with Crippen molar-refractivity contribution in [3.8, 4) is 0 Å². The minimum Gasteiger partial charge on any atom is -0.459 e. The zero-order valence-corrected chi connectivity index (χ0v) is 14.7. The fourth-order valence-corrected chi connectivity index (χ4v) is 3.03. The van der Waals surface area contributed by atoms with E-state index in [4.69, 9.17) is 4.42 Å².